The van der Waals surface area contributed by atoms with Crippen molar-refractivity contribution < 1.29 is 17.9 Å². The minimum Gasteiger partial charge on any atom is -0.360 e. The van der Waals surface area contributed by atoms with Crippen molar-refractivity contribution in [1.82, 2.24) is 5.16 Å². The number of anilines is 1. The molecule has 0 amide bonds. The zero-order valence-electron chi connectivity index (χ0n) is 9.73. The predicted octanol–water partition coefficient (Wildman–Crippen LogP) is 1.69. The summed E-state index contributed by atoms with van der Waals surface area (Å²) in [6.07, 6.45) is 0. The molecule has 0 saturated carbocycles. The standard InChI is InChI=1S/C10H9N3O5S/c1-7-6-10(11-18-7)12-19(16,17)9-4-2-8(3-5-9)13(14)15/h2-6H,1H3,(H,11,12). The third kappa shape index (κ3) is 2.88. The number of aromatic nitrogens is 1. The van der Waals surface area contributed by atoms with Gasteiger partial charge in [-0.05, 0) is 19.1 Å². The Bertz CT molecular complexity index is 705. The third-order valence-electron chi connectivity index (χ3n) is 2.22. The van der Waals surface area contributed by atoms with Gasteiger partial charge in [-0.2, -0.15) is 0 Å². The number of hydrogen-bond acceptors (Lipinski definition) is 6. The van der Waals surface area contributed by atoms with Crippen LogP contribution in [0.25, 0.3) is 0 Å². The van der Waals surface area contributed by atoms with E-state index < -0.39 is 14.9 Å². The van der Waals surface area contributed by atoms with Gasteiger partial charge in [-0.1, -0.05) is 5.16 Å². The van der Waals surface area contributed by atoms with Crippen LogP contribution in [0.5, 0.6) is 0 Å². The van der Waals surface area contributed by atoms with Gasteiger partial charge in [0.05, 0.1) is 9.82 Å². The van der Waals surface area contributed by atoms with Crippen LogP contribution in [0.1, 0.15) is 5.76 Å². The number of hydrogen-bond donors (Lipinski definition) is 1. The number of nitro benzene ring substituents is 1. The lowest BCUT2D eigenvalue weighted by molar-refractivity contribution is -0.384. The zero-order chi connectivity index (χ0) is 14.0. The highest BCUT2D eigenvalue weighted by Crippen LogP contribution is 2.18. The molecule has 1 aromatic carbocycles. The fourth-order valence-electron chi connectivity index (χ4n) is 1.36. The van der Waals surface area contributed by atoms with E-state index in [1.165, 1.54) is 6.07 Å². The lowest BCUT2D eigenvalue weighted by Gasteiger charge is -2.04. The molecule has 2 rings (SSSR count). The predicted molar refractivity (Wildman–Crippen MR) is 65.1 cm³/mol. The molecule has 8 nitrogen and oxygen atoms in total. The second kappa shape index (κ2) is 4.69. The quantitative estimate of drug-likeness (QED) is 0.674. The molecule has 0 atom stereocenters. The number of rotatable bonds is 4. The maximum absolute atomic E-state index is 11.9. The van der Waals surface area contributed by atoms with Crippen LogP contribution >= 0.6 is 0 Å². The van der Waals surface area contributed by atoms with Crippen LogP contribution in [0, 0.1) is 17.0 Å². The minimum atomic E-state index is -3.84. The Morgan fingerprint density at radius 3 is 2.42 bits per heavy atom. The molecule has 100 valence electrons. The molecule has 0 aliphatic heterocycles. The van der Waals surface area contributed by atoms with Gasteiger partial charge in [-0.3, -0.25) is 14.8 Å². The number of nitro groups is 1. The topological polar surface area (TPSA) is 115 Å². The first kappa shape index (κ1) is 13.0. The maximum Gasteiger partial charge on any atom is 0.269 e. The van der Waals surface area contributed by atoms with Gasteiger partial charge in [-0.15, -0.1) is 0 Å². The van der Waals surface area contributed by atoms with Gasteiger partial charge in [-0.25, -0.2) is 8.42 Å². The molecule has 0 radical (unpaired) electrons. The van der Waals surface area contributed by atoms with Crippen molar-refractivity contribution in [3.05, 3.63) is 46.2 Å². The summed E-state index contributed by atoms with van der Waals surface area (Å²) < 4.78 is 30.8. The van der Waals surface area contributed by atoms with Crippen molar-refractivity contribution in [2.45, 2.75) is 11.8 Å². The SMILES string of the molecule is Cc1cc(NS(=O)(=O)c2ccc([N+](=O)[O-])cc2)no1. The molecule has 1 N–H and O–H groups in total. The summed E-state index contributed by atoms with van der Waals surface area (Å²) in [5.74, 6) is 0.511. The molecule has 0 spiro atoms. The first-order valence-corrected chi connectivity index (χ1v) is 6.57. The number of benzene rings is 1. The van der Waals surface area contributed by atoms with E-state index in [4.69, 9.17) is 4.52 Å². The van der Waals surface area contributed by atoms with Crippen molar-refractivity contribution in [3.8, 4) is 0 Å². The Balaban J connectivity index is 2.26. The summed E-state index contributed by atoms with van der Waals surface area (Å²) in [7, 11) is -3.84. The smallest absolute Gasteiger partial charge is 0.269 e. The Labute approximate surface area is 108 Å². The van der Waals surface area contributed by atoms with Crippen molar-refractivity contribution in [1.29, 1.82) is 0 Å². The molecule has 0 aliphatic carbocycles. The van der Waals surface area contributed by atoms with E-state index in [9.17, 15) is 18.5 Å². The number of sulfonamides is 1. The molecule has 1 heterocycles. The zero-order valence-corrected chi connectivity index (χ0v) is 10.5. The monoisotopic (exact) mass is 283 g/mol. The average Bonchev–Trinajstić information content (AvgIpc) is 2.74. The Hall–Kier alpha value is -2.42. The van der Waals surface area contributed by atoms with Gasteiger partial charge in [0.2, 0.25) is 0 Å². The van der Waals surface area contributed by atoms with Gasteiger partial charge in [0, 0.05) is 18.2 Å². The third-order valence-corrected chi connectivity index (χ3v) is 3.60. The molecule has 1 aromatic heterocycles. The van der Waals surface area contributed by atoms with Crippen LogP contribution in [0.4, 0.5) is 11.5 Å². The van der Waals surface area contributed by atoms with Gasteiger partial charge in [0.15, 0.2) is 5.82 Å². The van der Waals surface area contributed by atoms with E-state index in [-0.39, 0.29) is 16.4 Å². The fraction of sp³-hybridized carbons (Fsp3) is 0.100. The minimum absolute atomic E-state index is 0.0517. The molecule has 9 heteroatoms. The molecule has 0 fully saturated rings. The van der Waals surface area contributed by atoms with Crippen molar-refractivity contribution in [3.63, 3.8) is 0 Å². The van der Waals surface area contributed by atoms with E-state index in [0.717, 1.165) is 24.3 Å². The number of non-ortho nitro benzene ring substituents is 1. The Morgan fingerprint density at radius 1 is 1.32 bits per heavy atom. The van der Waals surface area contributed by atoms with Crippen LogP contribution in [0.3, 0.4) is 0 Å². The second-order valence-electron chi connectivity index (χ2n) is 3.68. The van der Waals surface area contributed by atoms with E-state index >= 15 is 0 Å². The van der Waals surface area contributed by atoms with E-state index in [1.807, 2.05) is 0 Å². The molecular weight excluding hydrogens is 274 g/mol. The Morgan fingerprint density at radius 2 is 1.95 bits per heavy atom. The number of nitrogens with one attached hydrogen (secondary N) is 1. The lowest BCUT2D eigenvalue weighted by atomic mass is 10.3. The fourth-order valence-corrected chi connectivity index (χ4v) is 2.34. The normalized spacial score (nSPS) is 11.2. The van der Waals surface area contributed by atoms with E-state index in [0.29, 0.717) is 5.76 Å². The maximum atomic E-state index is 11.9. The van der Waals surface area contributed by atoms with Crippen LogP contribution in [0.15, 0.2) is 39.8 Å². The van der Waals surface area contributed by atoms with Crippen LogP contribution < -0.4 is 4.72 Å². The van der Waals surface area contributed by atoms with Crippen LogP contribution in [-0.2, 0) is 10.0 Å². The van der Waals surface area contributed by atoms with E-state index in [1.54, 1.807) is 6.92 Å². The van der Waals surface area contributed by atoms with Crippen LogP contribution in [-0.4, -0.2) is 18.5 Å². The Kier molecular flexibility index (Phi) is 3.21. The molecule has 0 saturated heterocycles. The summed E-state index contributed by atoms with van der Waals surface area (Å²) in [4.78, 5) is 9.77. The second-order valence-corrected chi connectivity index (χ2v) is 5.36. The number of aryl methyl sites for hydroxylation is 1. The highest BCUT2D eigenvalue weighted by atomic mass is 32.2. The number of nitrogens with zero attached hydrogens (tertiary/aromatic N) is 2. The first-order valence-electron chi connectivity index (χ1n) is 5.09. The summed E-state index contributed by atoms with van der Waals surface area (Å²) in [5.41, 5.74) is -0.184. The molecular formula is C10H9N3O5S. The highest BCUT2D eigenvalue weighted by molar-refractivity contribution is 7.92. The summed E-state index contributed by atoms with van der Waals surface area (Å²) in [6.45, 7) is 1.62. The van der Waals surface area contributed by atoms with Gasteiger partial charge in [0.1, 0.15) is 5.76 Å². The average molecular weight is 283 g/mol. The molecule has 0 aliphatic rings. The van der Waals surface area contributed by atoms with Gasteiger partial charge in [0.25, 0.3) is 15.7 Å². The van der Waals surface area contributed by atoms with Gasteiger partial charge < -0.3 is 4.52 Å². The summed E-state index contributed by atoms with van der Waals surface area (Å²) >= 11 is 0. The van der Waals surface area contributed by atoms with Crippen molar-refractivity contribution in [2.75, 3.05) is 4.72 Å². The highest BCUT2D eigenvalue weighted by Gasteiger charge is 2.17. The van der Waals surface area contributed by atoms with Crippen molar-refractivity contribution >= 4 is 21.5 Å². The first-order chi connectivity index (χ1) is 8.88. The molecule has 19 heavy (non-hydrogen) atoms. The largest absolute Gasteiger partial charge is 0.360 e. The summed E-state index contributed by atoms with van der Waals surface area (Å²) in [6, 6.07) is 5.94. The summed E-state index contributed by atoms with van der Waals surface area (Å²) in [5, 5.41) is 14.0. The van der Waals surface area contributed by atoms with Gasteiger partial charge >= 0.3 is 0 Å². The molecule has 0 bridgehead atoms. The van der Waals surface area contributed by atoms with Crippen LogP contribution in [0.2, 0.25) is 0 Å². The lowest BCUT2D eigenvalue weighted by Crippen LogP contribution is -2.13. The van der Waals surface area contributed by atoms with E-state index in [2.05, 4.69) is 9.88 Å². The van der Waals surface area contributed by atoms with Crippen molar-refractivity contribution in [2.24, 2.45) is 0 Å². The molecule has 2 aromatic rings. The molecule has 0 unspecified atom stereocenters.